The fourth-order valence-corrected chi connectivity index (χ4v) is 3.80. The number of benzene rings is 1. The van der Waals surface area contributed by atoms with Gasteiger partial charge in [0, 0.05) is 4.88 Å². The summed E-state index contributed by atoms with van der Waals surface area (Å²) in [6.07, 6.45) is -4.77. The Morgan fingerprint density at radius 2 is 1.81 bits per heavy atom. The van der Waals surface area contributed by atoms with E-state index in [0.29, 0.717) is 5.56 Å². The predicted octanol–water partition coefficient (Wildman–Crippen LogP) is 5.71. The molecule has 2 aromatic rings. The number of hydrogen-bond donors (Lipinski definition) is 0. The molecule has 2 rings (SSSR count). The minimum absolute atomic E-state index is 0.432. The maximum Gasteiger partial charge on any atom is 0.416 e. The summed E-state index contributed by atoms with van der Waals surface area (Å²) >= 11 is 1.50. The average molecular weight is 330 g/mol. The van der Waals surface area contributed by atoms with E-state index in [1.807, 2.05) is 37.2 Å². The molecule has 21 heavy (non-hydrogen) atoms. The Balaban J connectivity index is 2.42. The molecule has 0 radical (unpaired) electrons. The normalized spacial score (nSPS) is 14.2. The largest absolute Gasteiger partial charge is 0.416 e. The van der Waals surface area contributed by atoms with Crippen LogP contribution in [-0.4, -0.2) is 8.32 Å². The third-order valence-electron chi connectivity index (χ3n) is 2.79. The highest BCUT2D eigenvalue weighted by Crippen LogP contribution is 2.36. The van der Waals surface area contributed by atoms with Crippen LogP contribution in [0, 0.1) is 0 Å². The highest BCUT2D eigenvalue weighted by atomic mass is 32.1. The van der Waals surface area contributed by atoms with Crippen LogP contribution in [0.5, 0.6) is 0 Å². The summed E-state index contributed by atoms with van der Waals surface area (Å²) in [5.41, 5.74) is -0.0876. The molecular weight excluding hydrogens is 313 g/mol. The van der Waals surface area contributed by atoms with Gasteiger partial charge in [-0.25, -0.2) is 0 Å². The fraction of sp³-hybridized carbons (Fsp3) is 0.333. The van der Waals surface area contributed by atoms with Crippen molar-refractivity contribution in [1.82, 2.24) is 0 Å². The zero-order valence-corrected chi connectivity index (χ0v) is 13.9. The van der Waals surface area contributed by atoms with Gasteiger partial charge in [0.25, 0.3) is 0 Å². The molecule has 1 nitrogen and oxygen atoms in total. The summed E-state index contributed by atoms with van der Waals surface area (Å²) in [6, 6.07) is 9.18. The Labute approximate surface area is 127 Å². The molecule has 0 amide bonds. The van der Waals surface area contributed by atoms with E-state index >= 15 is 0 Å². The summed E-state index contributed by atoms with van der Waals surface area (Å²) < 4.78 is 44.8. The van der Waals surface area contributed by atoms with Gasteiger partial charge in [-0.3, -0.25) is 0 Å². The smallest absolute Gasteiger partial charge is 0.406 e. The summed E-state index contributed by atoms with van der Waals surface area (Å²) in [5.74, 6) is 0. The molecular formula is C15H17F3OSSi. The second-order valence-electron chi connectivity index (χ2n) is 5.75. The van der Waals surface area contributed by atoms with E-state index in [4.69, 9.17) is 4.43 Å². The summed E-state index contributed by atoms with van der Waals surface area (Å²) in [7, 11) is -1.90. The Kier molecular flexibility index (Phi) is 4.60. The van der Waals surface area contributed by atoms with Crippen LogP contribution in [0.25, 0.3) is 0 Å². The van der Waals surface area contributed by atoms with Crippen LogP contribution in [-0.2, 0) is 10.6 Å². The summed E-state index contributed by atoms with van der Waals surface area (Å²) in [5, 5.41) is 1.91. The zero-order chi connectivity index (χ0) is 15.7. The molecule has 114 valence electrons. The summed E-state index contributed by atoms with van der Waals surface area (Å²) in [6.45, 7) is 6.09. The van der Waals surface area contributed by atoms with Gasteiger partial charge in [0.15, 0.2) is 8.32 Å². The second-order valence-corrected chi connectivity index (χ2v) is 11.2. The van der Waals surface area contributed by atoms with E-state index in [-0.39, 0.29) is 0 Å². The number of alkyl halides is 3. The van der Waals surface area contributed by atoms with E-state index in [9.17, 15) is 13.2 Å². The first-order valence-corrected chi connectivity index (χ1v) is 10.8. The van der Waals surface area contributed by atoms with Gasteiger partial charge in [0.2, 0.25) is 0 Å². The standard InChI is InChI=1S/C15H17F3OSSi/c1-21(2,3)19-14(13-8-5-9-20-13)11-6-4-7-12(10-11)15(16,17)18/h4-10,14H,1-3H3. The molecule has 6 heteroatoms. The molecule has 0 saturated carbocycles. The maximum absolute atomic E-state index is 12.9. The molecule has 1 aromatic carbocycles. The van der Waals surface area contributed by atoms with Gasteiger partial charge >= 0.3 is 6.18 Å². The van der Waals surface area contributed by atoms with Crippen molar-refractivity contribution in [3.63, 3.8) is 0 Å². The van der Waals surface area contributed by atoms with Crippen LogP contribution in [0.4, 0.5) is 13.2 Å². The minimum Gasteiger partial charge on any atom is -0.406 e. The lowest BCUT2D eigenvalue weighted by atomic mass is 10.0. The van der Waals surface area contributed by atoms with Gasteiger partial charge < -0.3 is 4.43 Å². The molecule has 0 fully saturated rings. The lowest BCUT2D eigenvalue weighted by Gasteiger charge is -2.26. The lowest BCUT2D eigenvalue weighted by Crippen LogP contribution is -2.28. The Bertz CT molecular complexity index is 588. The SMILES string of the molecule is C[Si](C)(C)OC(c1cccc(C(F)(F)F)c1)c1cccs1. The first kappa shape index (κ1) is 16.3. The third-order valence-corrected chi connectivity index (χ3v) is 4.65. The quantitative estimate of drug-likeness (QED) is 0.653. The zero-order valence-electron chi connectivity index (χ0n) is 12.1. The van der Waals surface area contributed by atoms with Crippen LogP contribution >= 0.6 is 11.3 Å². The highest BCUT2D eigenvalue weighted by Gasteiger charge is 2.32. The van der Waals surface area contributed by atoms with Gasteiger partial charge in [-0.2, -0.15) is 13.2 Å². The van der Waals surface area contributed by atoms with Crippen LogP contribution in [0.1, 0.15) is 22.1 Å². The molecule has 1 atom stereocenters. The van der Waals surface area contributed by atoms with E-state index in [1.54, 1.807) is 6.07 Å². The Morgan fingerprint density at radius 1 is 1.10 bits per heavy atom. The Hall–Kier alpha value is -1.11. The fourth-order valence-electron chi connectivity index (χ4n) is 1.96. The minimum atomic E-state index is -4.34. The maximum atomic E-state index is 12.9. The molecule has 0 spiro atoms. The second kappa shape index (κ2) is 5.94. The first-order valence-electron chi connectivity index (χ1n) is 6.55. The molecule has 1 unspecified atom stereocenters. The van der Waals surface area contributed by atoms with Crippen molar-refractivity contribution in [2.75, 3.05) is 0 Å². The molecule has 1 heterocycles. The van der Waals surface area contributed by atoms with Crippen LogP contribution in [0.2, 0.25) is 19.6 Å². The van der Waals surface area contributed by atoms with Crippen molar-refractivity contribution in [2.24, 2.45) is 0 Å². The van der Waals surface area contributed by atoms with Gasteiger partial charge in [0.05, 0.1) is 5.56 Å². The van der Waals surface area contributed by atoms with Crippen LogP contribution in [0.3, 0.4) is 0 Å². The van der Waals surface area contributed by atoms with Gasteiger partial charge in [0.1, 0.15) is 6.10 Å². The number of rotatable bonds is 4. The molecule has 0 aliphatic rings. The average Bonchev–Trinajstić information content (AvgIpc) is 2.87. The van der Waals surface area contributed by atoms with E-state index in [0.717, 1.165) is 10.9 Å². The number of halogens is 3. The summed E-state index contributed by atoms with van der Waals surface area (Å²) in [4.78, 5) is 0.928. The lowest BCUT2D eigenvalue weighted by molar-refractivity contribution is -0.137. The third kappa shape index (κ3) is 4.43. The molecule has 0 N–H and O–H groups in total. The van der Waals surface area contributed by atoms with Crippen molar-refractivity contribution in [3.8, 4) is 0 Å². The molecule has 0 aliphatic heterocycles. The molecule has 1 aromatic heterocycles. The molecule has 0 aliphatic carbocycles. The van der Waals surface area contributed by atoms with E-state index in [2.05, 4.69) is 0 Å². The van der Waals surface area contributed by atoms with Crippen molar-refractivity contribution in [1.29, 1.82) is 0 Å². The molecule has 0 bridgehead atoms. The highest BCUT2D eigenvalue weighted by molar-refractivity contribution is 7.10. The topological polar surface area (TPSA) is 9.23 Å². The van der Waals surface area contributed by atoms with Crippen molar-refractivity contribution in [2.45, 2.75) is 31.9 Å². The number of hydrogen-bond acceptors (Lipinski definition) is 2. The van der Waals surface area contributed by atoms with Crippen LogP contribution in [0.15, 0.2) is 41.8 Å². The van der Waals surface area contributed by atoms with Crippen molar-refractivity contribution < 1.29 is 17.6 Å². The van der Waals surface area contributed by atoms with Crippen LogP contribution < -0.4 is 0 Å². The number of thiophene rings is 1. The van der Waals surface area contributed by atoms with Gasteiger partial charge in [-0.1, -0.05) is 18.2 Å². The van der Waals surface area contributed by atoms with Crippen molar-refractivity contribution in [3.05, 3.63) is 57.8 Å². The van der Waals surface area contributed by atoms with E-state index < -0.39 is 26.2 Å². The predicted molar refractivity (Wildman–Crippen MR) is 82.0 cm³/mol. The van der Waals surface area contributed by atoms with Crippen molar-refractivity contribution >= 4 is 19.7 Å². The monoisotopic (exact) mass is 330 g/mol. The first-order chi connectivity index (χ1) is 9.67. The Morgan fingerprint density at radius 3 is 2.33 bits per heavy atom. The van der Waals surface area contributed by atoms with Gasteiger partial charge in [-0.15, -0.1) is 11.3 Å². The van der Waals surface area contributed by atoms with Gasteiger partial charge in [-0.05, 0) is 48.8 Å². The van der Waals surface area contributed by atoms with E-state index in [1.165, 1.54) is 23.5 Å². The molecule has 0 saturated heterocycles.